The van der Waals surface area contributed by atoms with Gasteiger partial charge < -0.3 is 10.1 Å². The molecule has 1 N–H and O–H groups in total. The van der Waals surface area contributed by atoms with Crippen LogP contribution in [0, 0.1) is 5.92 Å². The second-order valence-electron chi connectivity index (χ2n) is 8.02. The number of hydrogen-bond donors (Lipinski definition) is 1. The number of pyridine rings is 1. The second kappa shape index (κ2) is 8.36. The molecule has 0 spiro atoms. The molecule has 1 amide bonds. The largest absolute Gasteiger partial charge is 0.379 e. The van der Waals surface area contributed by atoms with Crippen molar-refractivity contribution in [1.82, 2.24) is 15.2 Å². The number of fused-ring (bicyclic) bond motifs is 1. The lowest BCUT2D eigenvalue weighted by Crippen LogP contribution is -2.46. The number of hydrogen-bond acceptors (Lipinski definition) is 4. The number of carbonyl (C=O) groups is 1. The van der Waals surface area contributed by atoms with Gasteiger partial charge in [0.1, 0.15) is 0 Å². The van der Waals surface area contributed by atoms with Crippen LogP contribution in [0.25, 0.3) is 10.9 Å². The number of amides is 1. The molecule has 2 heterocycles. The molecule has 2 fully saturated rings. The highest BCUT2D eigenvalue weighted by Crippen LogP contribution is 2.25. The average molecular weight is 367 g/mol. The maximum atomic E-state index is 12.6. The van der Waals surface area contributed by atoms with E-state index in [4.69, 9.17) is 4.74 Å². The zero-order valence-corrected chi connectivity index (χ0v) is 16.1. The molecule has 0 radical (unpaired) electrons. The number of nitrogens with zero attached hydrogens (tertiary/aromatic N) is 2. The van der Waals surface area contributed by atoms with E-state index in [9.17, 15) is 4.79 Å². The maximum absolute atomic E-state index is 12.6. The number of ether oxygens (including phenoxy) is 1. The third-order valence-electron chi connectivity index (χ3n) is 6.11. The Kier molecular flexibility index (Phi) is 5.69. The van der Waals surface area contributed by atoms with E-state index in [0.717, 1.165) is 11.9 Å². The first-order valence-electron chi connectivity index (χ1n) is 10.1. The Bertz CT molecular complexity index is 783. The summed E-state index contributed by atoms with van der Waals surface area (Å²) in [7, 11) is 2.07. The molecule has 1 aliphatic heterocycles. The fourth-order valence-corrected chi connectivity index (χ4v) is 4.53. The van der Waals surface area contributed by atoms with Crippen molar-refractivity contribution in [2.45, 2.75) is 44.2 Å². The van der Waals surface area contributed by atoms with Crippen LogP contribution in [0.3, 0.4) is 0 Å². The number of aromatic nitrogens is 1. The second-order valence-corrected chi connectivity index (χ2v) is 8.02. The molecule has 5 heteroatoms. The Hall–Kier alpha value is -1.98. The van der Waals surface area contributed by atoms with E-state index in [1.54, 1.807) is 0 Å². The summed E-state index contributed by atoms with van der Waals surface area (Å²) in [5.74, 6) is 0.418. The van der Waals surface area contributed by atoms with E-state index in [1.165, 1.54) is 36.6 Å². The highest BCUT2D eigenvalue weighted by atomic mass is 16.5. The van der Waals surface area contributed by atoms with Gasteiger partial charge in [0.2, 0.25) is 5.91 Å². The normalized spacial score (nSPS) is 23.3. The van der Waals surface area contributed by atoms with Gasteiger partial charge >= 0.3 is 0 Å². The van der Waals surface area contributed by atoms with Crippen molar-refractivity contribution < 1.29 is 9.53 Å². The van der Waals surface area contributed by atoms with Crippen molar-refractivity contribution in [1.29, 1.82) is 0 Å². The highest BCUT2D eigenvalue weighted by molar-refractivity contribution is 5.82. The Labute approximate surface area is 161 Å². The minimum Gasteiger partial charge on any atom is -0.379 e. The topological polar surface area (TPSA) is 54.5 Å². The molecule has 5 nitrogen and oxygen atoms in total. The molecule has 4 rings (SSSR count). The van der Waals surface area contributed by atoms with E-state index in [0.29, 0.717) is 31.7 Å². The SMILES string of the molecule is CN(CC(=O)N[C@@H]1COC[C@H]1Cc1ccnc2ccccc12)C1CCCC1. The van der Waals surface area contributed by atoms with E-state index in [1.807, 2.05) is 18.3 Å². The van der Waals surface area contributed by atoms with E-state index in [2.05, 4.69) is 40.4 Å². The van der Waals surface area contributed by atoms with Gasteiger partial charge in [0, 0.05) is 23.5 Å². The Morgan fingerprint density at radius 1 is 1.22 bits per heavy atom. The molecule has 2 atom stereocenters. The standard InChI is InChI=1S/C22H29N3O2/c1-25(18-6-2-3-7-18)13-22(26)24-21-15-27-14-17(21)12-16-10-11-23-20-9-5-4-8-19(16)20/h4-5,8-11,17-18,21H,2-3,6-7,12-15H2,1H3,(H,24,26)/t17-,21-/m1/s1. The van der Waals surface area contributed by atoms with Crippen molar-refractivity contribution in [3.63, 3.8) is 0 Å². The smallest absolute Gasteiger partial charge is 0.234 e. The van der Waals surface area contributed by atoms with E-state index in [-0.39, 0.29) is 11.9 Å². The van der Waals surface area contributed by atoms with Crippen molar-refractivity contribution in [3.8, 4) is 0 Å². The summed E-state index contributed by atoms with van der Waals surface area (Å²) in [6.45, 7) is 1.78. The lowest BCUT2D eigenvalue weighted by molar-refractivity contribution is -0.123. The van der Waals surface area contributed by atoms with Crippen LogP contribution >= 0.6 is 0 Å². The lowest BCUT2D eigenvalue weighted by atomic mass is 9.93. The quantitative estimate of drug-likeness (QED) is 0.853. The number of benzene rings is 1. The van der Waals surface area contributed by atoms with Crippen LogP contribution in [0.1, 0.15) is 31.2 Å². The van der Waals surface area contributed by atoms with Gasteiger partial charge in [-0.25, -0.2) is 0 Å². The molecule has 27 heavy (non-hydrogen) atoms. The highest BCUT2D eigenvalue weighted by Gasteiger charge is 2.31. The molecule has 1 saturated heterocycles. The van der Waals surface area contributed by atoms with Crippen LogP contribution in [0.2, 0.25) is 0 Å². The zero-order chi connectivity index (χ0) is 18.6. The van der Waals surface area contributed by atoms with Crippen LogP contribution in [0.15, 0.2) is 36.5 Å². The van der Waals surface area contributed by atoms with Crippen LogP contribution < -0.4 is 5.32 Å². The predicted octanol–water partition coefficient (Wildman–Crippen LogP) is 2.78. The molecule has 0 bridgehead atoms. The molecule has 2 aromatic rings. The van der Waals surface area contributed by atoms with E-state index >= 15 is 0 Å². The first-order chi connectivity index (χ1) is 13.2. The van der Waals surface area contributed by atoms with Crippen LogP contribution in [-0.4, -0.2) is 54.7 Å². The predicted molar refractivity (Wildman–Crippen MR) is 107 cm³/mol. The summed E-state index contributed by atoms with van der Waals surface area (Å²) in [4.78, 5) is 19.2. The van der Waals surface area contributed by atoms with Crippen molar-refractivity contribution >= 4 is 16.8 Å². The average Bonchev–Trinajstić information content (AvgIpc) is 3.35. The number of carbonyl (C=O) groups excluding carboxylic acids is 1. The van der Waals surface area contributed by atoms with Gasteiger partial charge in [-0.2, -0.15) is 0 Å². The van der Waals surface area contributed by atoms with Crippen LogP contribution in [0.4, 0.5) is 0 Å². The first-order valence-corrected chi connectivity index (χ1v) is 10.1. The summed E-state index contributed by atoms with van der Waals surface area (Å²) >= 11 is 0. The van der Waals surface area contributed by atoms with E-state index < -0.39 is 0 Å². The molecule has 2 aliphatic rings. The van der Waals surface area contributed by atoms with Crippen molar-refractivity contribution in [2.24, 2.45) is 5.92 Å². The third-order valence-corrected chi connectivity index (χ3v) is 6.11. The molecule has 1 aromatic heterocycles. The molecule has 1 aromatic carbocycles. The monoisotopic (exact) mass is 367 g/mol. The van der Waals surface area contributed by atoms with Gasteiger partial charge in [-0.15, -0.1) is 0 Å². The summed E-state index contributed by atoms with van der Waals surface area (Å²) in [5, 5.41) is 4.42. The van der Waals surface area contributed by atoms with Crippen LogP contribution in [-0.2, 0) is 16.0 Å². The Balaban J connectivity index is 1.38. The zero-order valence-electron chi connectivity index (χ0n) is 16.1. The van der Waals surface area contributed by atoms with Gasteiger partial charge in [-0.3, -0.25) is 14.7 Å². The number of para-hydroxylation sites is 1. The van der Waals surface area contributed by atoms with Gasteiger partial charge in [0.25, 0.3) is 0 Å². The van der Waals surface area contributed by atoms with Gasteiger partial charge in [-0.05, 0) is 44.0 Å². The van der Waals surface area contributed by atoms with Crippen molar-refractivity contribution in [3.05, 3.63) is 42.1 Å². The van der Waals surface area contributed by atoms with Gasteiger partial charge in [0.15, 0.2) is 0 Å². The molecular weight excluding hydrogens is 338 g/mol. The summed E-state index contributed by atoms with van der Waals surface area (Å²) in [6.07, 6.45) is 7.77. The fourth-order valence-electron chi connectivity index (χ4n) is 4.53. The minimum absolute atomic E-state index is 0.0846. The first kappa shape index (κ1) is 18.4. The Morgan fingerprint density at radius 2 is 2.04 bits per heavy atom. The van der Waals surface area contributed by atoms with Crippen LogP contribution in [0.5, 0.6) is 0 Å². The van der Waals surface area contributed by atoms with Gasteiger partial charge in [0.05, 0.1) is 31.3 Å². The van der Waals surface area contributed by atoms with Crippen molar-refractivity contribution in [2.75, 3.05) is 26.8 Å². The molecule has 144 valence electrons. The maximum Gasteiger partial charge on any atom is 0.234 e. The summed E-state index contributed by atoms with van der Waals surface area (Å²) < 4.78 is 5.72. The minimum atomic E-state index is 0.0846. The number of likely N-dealkylation sites (N-methyl/N-ethyl adjacent to an activating group) is 1. The third kappa shape index (κ3) is 4.30. The number of nitrogens with one attached hydrogen (secondary N) is 1. The molecule has 1 aliphatic carbocycles. The fraction of sp³-hybridized carbons (Fsp3) is 0.545. The molecular formula is C22H29N3O2. The lowest BCUT2D eigenvalue weighted by Gasteiger charge is -2.25. The van der Waals surface area contributed by atoms with Gasteiger partial charge in [-0.1, -0.05) is 31.0 Å². The number of rotatable bonds is 6. The Morgan fingerprint density at radius 3 is 2.89 bits per heavy atom. The summed E-state index contributed by atoms with van der Waals surface area (Å²) in [6, 6.07) is 11.0. The molecule has 0 unspecified atom stereocenters. The summed E-state index contributed by atoms with van der Waals surface area (Å²) in [5.41, 5.74) is 2.30. The molecule has 1 saturated carbocycles.